The highest BCUT2D eigenvalue weighted by molar-refractivity contribution is 5.81. The van der Waals surface area contributed by atoms with Crippen molar-refractivity contribution in [1.29, 1.82) is 0 Å². The average molecular weight is 499 g/mol. The maximum atomic E-state index is 11.9. The summed E-state index contributed by atoms with van der Waals surface area (Å²) in [4.78, 5) is 23.6. The number of rotatable bonds is 20. The maximum absolute atomic E-state index is 11.9. The van der Waals surface area contributed by atoms with Gasteiger partial charge in [0.2, 0.25) is 0 Å². The smallest absolute Gasteiger partial charge is 0.471 e. The van der Waals surface area contributed by atoms with Gasteiger partial charge < -0.3 is 26.0 Å². The van der Waals surface area contributed by atoms with Gasteiger partial charge in [-0.15, -0.1) is 0 Å². The minimum Gasteiger partial charge on any atom is -0.480 e. The van der Waals surface area contributed by atoms with Crippen molar-refractivity contribution >= 4 is 11.9 Å². The third-order valence-electron chi connectivity index (χ3n) is 5.18. The normalized spacial score (nSPS) is 12.2. The number of hydrogen-bond donors (Lipinski definition) is 4. The highest BCUT2D eigenvalue weighted by Gasteiger charge is 2.38. The average Bonchev–Trinajstić information content (AvgIpc) is 2.78. The second-order valence-electron chi connectivity index (χ2n) is 8.56. The number of halogens is 3. The van der Waals surface area contributed by atoms with E-state index in [2.05, 4.69) is 43.4 Å². The number of unbranched alkanes of at least 4 members (excludes halogenated alkanes) is 4. The first-order valence-electron chi connectivity index (χ1n) is 12.8. The van der Waals surface area contributed by atoms with Gasteiger partial charge in [0.05, 0.1) is 0 Å². The Morgan fingerprint density at radius 3 is 1.97 bits per heavy atom. The third kappa shape index (κ3) is 23.8. The molecule has 34 heavy (non-hydrogen) atoms. The van der Waals surface area contributed by atoms with Crippen LogP contribution in [0.1, 0.15) is 85.0 Å². The van der Waals surface area contributed by atoms with Crippen molar-refractivity contribution in [3.63, 3.8) is 0 Å². The van der Waals surface area contributed by atoms with Crippen LogP contribution in [0.2, 0.25) is 0 Å². The van der Waals surface area contributed by atoms with Crippen molar-refractivity contribution in [3.05, 3.63) is 0 Å². The molecule has 0 aliphatic rings. The van der Waals surface area contributed by atoms with E-state index in [4.69, 9.17) is 5.11 Å². The first-order chi connectivity index (χ1) is 16.1. The van der Waals surface area contributed by atoms with Crippen LogP contribution in [0, 0.1) is 0 Å². The van der Waals surface area contributed by atoms with E-state index in [9.17, 15) is 22.8 Å². The molecule has 1 atom stereocenters. The molecule has 0 fully saturated rings. The molecule has 0 rings (SSSR count). The number of aliphatic carboxylic acids is 1. The van der Waals surface area contributed by atoms with E-state index < -0.39 is 18.1 Å². The van der Waals surface area contributed by atoms with Gasteiger partial charge in [0, 0.05) is 6.54 Å². The Hall–Kier alpha value is -1.39. The fourth-order valence-corrected chi connectivity index (χ4v) is 2.99. The summed E-state index contributed by atoms with van der Waals surface area (Å²) in [6.45, 7) is 10.9. The monoisotopic (exact) mass is 498 g/mol. The molecule has 0 bridgehead atoms. The molecular formula is C24H49F3N4O3. The first-order valence-corrected chi connectivity index (χ1v) is 12.8. The zero-order chi connectivity index (χ0) is 26.2. The molecule has 0 aromatic heterocycles. The Morgan fingerprint density at radius 1 is 0.824 bits per heavy atom. The maximum Gasteiger partial charge on any atom is 0.471 e. The highest BCUT2D eigenvalue weighted by atomic mass is 19.4. The van der Waals surface area contributed by atoms with Gasteiger partial charge in [0.15, 0.2) is 0 Å². The fraction of sp³-hybridized carbons (Fsp3) is 0.917. The Bertz CT molecular complexity index is 495. The Morgan fingerprint density at radius 2 is 1.41 bits per heavy atom. The van der Waals surface area contributed by atoms with Crippen LogP contribution in [-0.4, -0.2) is 80.4 Å². The fourth-order valence-electron chi connectivity index (χ4n) is 2.99. The van der Waals surface area contributed by atoms with Crippen molar-refractivity contribution in [2.24, 2.45) is 0 Å². The van der Waals surface area contributed by atoms with Gasteiger partial charge in [-0.1, -0.05) is 46.5 Å². The van der Waals surface area contributed by atoms with E-state index in [0.29, 0.717) is 13.0 Å². The standard InChI is InChI=1S/C14H28F3N3O.C10H21NO2/c1-3-4-11-20(2)12-6-5-8-18-9-7-10-19-13(21)14(15,16)17;1-3-5-7-9(10(12)13)11-8-6-4-2/h18H,3-12H2,1-2H3,(H,19,21);9,11H,3-8H2,1-2H3,(H,12,13). The number of nitrogens with zero attached hydrogens (tertiary/aromatic N) is 1. The summed E-state index contributed by atoms with van der Waals surface area (Å²) in [7, 11) is 2.12. The summed E-state index contributed by atoms with van der Waals surface area (Å²) in [5, 5.41) is 16.9. The summed E-state index contributed by atoms with van der Waals surface area (Å²) in [5.41, 5.74) is 0. The van der Waals surface area contributed by atoms with Crippen LogP contribution >= 0.6 is 0 Å². The quantitative estimate of drug-likeness (QED) is 0.188. The van der Waals surface area contributed by atoms with Crippen LogP contribution in [0.5, 0.6) is 0 Å². The van der Waals surface area contributed by atoms with E-state index in [-0.39, 0.29) is 12.6 Å². The van der Waals surface area contributed by atoms with Crippen LogP contribution in [-0.2, 0) is 9.59 Å². The Balaban J connectivity index is 0. The SMILES string of the molecule is CCCCN(C)CCCCNCCCNC(=O)C(F)(F)F.CCCCNC(CCCC)C(=O)O. The van der Waals surface area contributed by atoms with Crippen LogP contribution in [0.3, 0.4) is 0 Å². The summed E-state index contributed by atoms with van der Waals surface area (Å²) in [6, 6.07) is -0.341. The predicted molar refractivity (Wildman–Crippen MR) is 132 cm³/mol. The molecule has 4 N–H and O–H groups in total. The lowest BCUT2D eigenvalue weighted by atomic mass is 10.1. The van der Waals surface area contributed by atoms with Gasteiger partial charge in [-0.25, -0.2) is 0 Å². The van der Waals surface area contributed by atoms with Gasteiger partial charge in [-0.05, 0) is 78.3 Å². The predicted octanol–water partition coefficient (Wildman–Crippen LogP) is 4.18. The third-order valence-corrected chi connectivity index (χ3v) is 5.18. The van der Waals surface area contributed by atoms with Crippen molar-refractivity contribution < 1.29 is 27.9 Å². The molecule has 0 spiro atoms. The van der Waals surface area contributed by atoms with E-state index in [0.717, 1.165) is 71.1 Å². The van der Waals surface area contributed by atoms with Crippen LogP contribution in [0.25, 0.3) is 0 Å². The molecule has 10 heteroatoms. The largest absolute Gasteiger partial charge is 0.480 e. The van der Waals surface area contributed by atoms with Crippen LogP contribution in [0.15, 0.2) is 0 Å². The van der Waals surface area contributed by atoms with E-state index in [1.54, 1.807) is 0 Å². The van der Waals surface area contributed by atoms with Crippen LogP contribution in [0.4, 0.5) is 13.2 Å². The van der Waals surface area contributed by atoms with E-state index >= 15 is 0 Å². The van der Waals surface area contributed by atoms with Gasteiger partial charge in [-0.3, -0.25) is 9.59 Å². The van der Waals surface area contributed by atoms with Crippen molar-refractivity contribution in [1.82, 2.24) is 20.9 Å². The zero-order valence-corrected chi connectivity index (χ0v) is 21.7. The molecule has 0 saturated heterocycles. The number of alkyl halides is 3. The van der Waals surface area contributed by atoms with Gasteiger partial charge >= 0.3 is 18.1 Å². The molecule has 1 unspecified atom stereocenters. The van der Waals surface area contributed by atoms with Gasteiger partial charge in [0.25, 0.3) is 0 Å². The topological polar surface area (TPSA) is 93.7 Å². The molecule has 0 aromatic carbocycles. The lowest BCUT2D eigenvalue weighted by Gasteiger charge is -2.15. The summed E-state index contributed by atoms with van der Waals surface area (Å²) in [5.74, 6) is -2.58. The van der Waals surface area contributed by atoms with Crippen LogP contribution < -0.4 is 16.0 Å². The minimum atomic E-state index is -4.78. The highest BCUT2D eigenvalue weighted by Crippen LogP contribution is 2.13. The van der Waals surface area contributed by atoms with Gasteiger partial charge in [-0.2, -0.15) is 13.2 Å². The molecule has 204 valence electrons. The summed E-state index contributed by atoms with van der Waals surface area (Å²) in [6.07, 6.45) is 5.24. The lowest BCUT2D eigenvalue weighted by Crippen LogP contribution is -2.38. The lowest BCUT2D eigenvalue weighted by molar-refractivity contribution is -0.173. The zero-order valence-electron chi connectivity index (χ0n) is 21.7. The number of carbonyl (C=O) groups excluding carboxylic acids is 1. The van der Waals surface area contributed by atoms with E-state index in [1.807, 2.05) is 5.32 Å². The van der Waals surface area contributed by atoms with Crippen molar-refractivity contribution in [3.8, 4) is 0 Å². The second-order valence-corrected chi connectivity index (χ2v) is 8.56. The molecule has 0 aliphatic carbocycles. The van der Waals surface area contributed by atoms with E-state index in [1.165, 1.54) is 12.8 Å². The van der Waals surface area contributed by atoms with Crippen molar-refractivity contribution in [2.75, 3.05) is 46.3 Å². The molecule has 0 aromatic rings. The van der Waals surface area contributed by atoms with Crippen molar-refractivity contribution in [2.45, 2.75) is 97.2 Å². The molecule has 0 heterocycles. The number of carbonyl (C=O) groups is 2. The molecule has 0 aliphatic heterocycles. The minimum absolute atomic E-state index is 0.0467. The number of carboxylic acid groups (broad SMARTS) is 1. The first kappa shape index (κ1) is 34.8. The Labute approximate surface area is 204 Å². The molecular weight excluding hydrogens is 449 g/mol. The number of nitrogens with one attached hydrogen (secondary N) is 3. The number of hydrogen-bond acceptors (Lipinski definition) is 5. The summed E-state index contributed by atoms with van der Waals surface area (Å²) >= 11 is 0. The van der Waals surface area contributed by atoms with Gasteiger partial charge in [0.1, 0.15) is 6.04 Å². The summed E-state index contributed by atoms with van der Waals surface area (Å²) < 4.78 is 35.6. The molecule has 7 nitrogen and oxygen atoms in total. The number of amides is 1. The number of carboxylic acids is 1. The molecule has 0 radical (unpaired) electrons. The second kappa shape index (κ2) is 23.4. The Kier molecular flexibility index (Phi) is 23.9. The molecule has 0 saturated carbocycles. The molecule has 1 amide bonds.